The average molecular weight is 518 g/mol. The van der Waals surface area contributed by atoms with Gasteiger partial charge in [0.15, 0.2) is 0 Å². The first kappa shape index (κ1) is 27.2. The summed E-state index contributed by atoms with van der Waals surface area (Å²) in [6.45, 7) is 10.5. The Morgan fingerprint density at radius 2 is 1.94 bits per heavy atom. The molecule has 0 spiro atoms. The minimum Gasteiger partial charge on any atom is -0.356 e. The first-order valence-corrected chi connectivity index (χ1v) is 14.2. The van der Waals surface area contributed by atoms with Crippen LogP contribution in [0.2, 0.25) is 0 Å². The summed E-state index contributed by atoms with van der Waals surface area (Å²) in [4.78, 5) is 40.8. The van der Waals surface area contributed by atoms with E-state index in [-0.39, 0.29) is 35.0 Å². The smallest absolute Gasteiger partial charge is 0.243 e. The third-order valence-electron chi connectivity index (χ3n) is 7.65. The van der Waals surface area contributed by atoms with Crippen molar-refractivity contribution in [3.63, 3.8) is 0 Å². The molecule has 2 aliphatic heterocycles. The van der Waals surface area contributed by atoms with Gasteiger partial charge in [-0.3, -0.25) is 14.4 Å². The molecule has 3 amide bonds. The SMILES string of the molecule is CC(C)(C)[C@H](NS(C)(=O)=O)C(=O)N1C[C@H]2[C@@H]([C@H]1C(=O)N[C@@H](C[C@@H]1CCNC1=O)[C@@H](N)S)C2(C)C. The topological polar surface area (TPSA) is 151 Å². The maximum atomic E-state index is 13.6. The number of carbonyl (C=O) groups excluding carboxylic acids is 3. The van der Waals surface area contributed by atoms with E-state index in [0.717, 1.165) is 6.26 Å². The van der Waals surface area contributed by atoms with Crippen molar-refractivity contribution in [2.45, 2.75) is 71.0 Å². The molecule has 10 nitrogen and oxygen atoms in total. The van der Waals surface area contributed by atoms with Crippen LogP contribution in [-0.2, 0) is 24.4 Å². The van der Waals surface area contributed by atoms with E-state index in [2.05, 4.69) is 41.8 Å². The maximum absolute atomic E-state index is 13.6. The van der Waals surface area contributed by atoms with Gasteiger partial charge in [-0.15, -0.1) is 0 Å². The standard InChI is InChI=1S/C22H39N5O5S2/c1-21(2,3)16(26-34(6,31)32)20(30)27-10-12-14(22(12,4)5)15(27)19(29)25-13(17(23)33)9-11-7-8-24-18(11)28/h11-17,26,33H,7-10,23H2,1-6H3,(H,24,28)(H,25,29)/t11-,12-,13-,14-,15-,16+,17-/m0/s1. The van der Waals surface area contributed by atoms with Gasteiger partial charge >= 0.3 is 0 Å². The Kier molecular flexibility index (Phi) is 7.41. The summed E-state index contributed by atoms with van der Waals surface area (Å²) in [7, 11) is -3.66. The number of fused-ring (bicyclic) bond motifs is 1. The van der Waals surface area contributed by atoms with Gasteiger partial charge in [0, 0.05) is 19.0 Å². The van der Waals surface area contributed by atoms with E-state index in [1.54, 1.807) is 20.8 Å². The number of hydrogen-bond acceptors (Lipinski definition) is 7. The third kappa shape index (κ3) is 5.55. The third-order valence-corrected chi connectivity index (χ3v) is 8.67. The minimum absolute atomic E-state index is 0.0399. The van der Waals surface area contributed by atoms with Crippen LogP contribution in [0.25, 0.3) is 0 Å². The summed E-state index contributed by atoms with van der Waals surface area (Å²) in [5.41, 5.74) is 5.23. The number of thiol groups is 1. The van der Waals surface area contributed by atoms with Crippen LogP contribution >= 0.6 is 12.6 Å². The Hall–Kier alpha value is -1.37. The second kappa shape index (κ2) is 9.25. The highest BCUT2D eigenvalue weighted by atomic mass is 32.2. The predicted molar refractivity (Wildman–Crippen MR) is 132 cm³/mol. The summed E-state index contributed by atoms with van der Waals surface area (Å²) >= 11 is 4.33. The summed E-state index contributed by atoms with van der Waals surface area (Å²) in [6, 6.07) is -2.30. The van der Waals surface area contributed by atoms with Gasteiger partial charge in [-0.05, 0) is 35.5 Å². The van der Waals surface area contributed by atoms with E-state index in [4.69, 9.17) is 5.73 Å². The van der Waals surface area contributed by atoms with Crippen LogP contribution in [0.5, 0.6) is 0 Å². The second-order valence-corrected chi connectivity index (χ2v) is 14.1. The fourth-order valence-corrected chi connectivity index (χ4v) is 6.60. The van der Waals surface area contributed by atoms with Gasteiger partial charge in [0.25, 0.3) is 0 Å². The van der Waals surface area contributed by atoms with Gasteiger partial charge in [-0.1, -0.05) is 34.6 Å². The first-order valence-electron chi connectivity index (χ1n) is 11.7. The Bertz CT molecular complexity index is 946. The van der Waals surface area contributed by atoms with E-state index in [1.165, 1.54) is 4.90 Å². The molecule has 12 heteroatoms. The number of nitrogens with two attached hydrogens (primary N) is 1. The van der Waals surface area contributed by atoms with Crippen molar-refractivity contribution in [2.24, 2.45) is 34.3 Å². The Morgan fingerprint density at radius 3 is 2.41 bits per heavy atom. The van der Waals surface area contributed by atoms with Crippen molar-refractivity contribution in [2.75, 3.05) is 19.3 Å². The fourth-order valence-electron chi connectivity index (χ4n) is 5.52. The monoisotopic (exact) mass is 517 g/mol. The zero-order chi connectivity index (χ0) is 25.8. The zero-order valence-electron chi connectivity index (χ0n) is 20.8. The molecule has 0 aromatic rings. The van der Waals surface area contributed by atoms with Crippen LogP contribution in [0.3, 0.4) is 0 Å². The zero-order valence-corrected chi connectivity index (χ0v) is 22.5. The van der Waals surface area contributed by atoms with Crippen molar-refractivity contribution < 1.29 is 22.8 Å². The van der Waals surface area contributed by atoms with Gasteiger partial charge in [0.05, 0.1) is 17.7 Å². The molecule has 0 radical (unpaired) electrons. The van der Waals surface area contributed by atoms with Crippen molar-refractivity contribution in [1.29, 1.82) is 0 Å². The molecule has 1 saturated carbocycles. The van der Waals surface area contributed by atoms with Gasteiger partial charge in [0.1, 0.15) is 12.1 Å². The number of rotatable bonds is 8. The summed E-state index contributed by atoms with van der Waals surface area (Å²) in [6.07, 6.45) is 2.05. The van der Waals surface area contributed by atoms with Gasteiger partial charge in [-0.25, -0.2) is 13.1 Å². The van der Waals surface area contributed by atoms with Crippen LogP contribution in [0.4, 0.5) is 0 Å². The van der Waals surface area contributed by atoms with Crippen molar-refractivity contribution in [1.82, 2.24) is 20.3 Å². The lowest BCUT2D eigenvalue weighted by molar-refractivity contribution is -0.143. The Balaban J connectivity index is 1.83. The molecule has 3 fully saturated rings. The fraction of sp³-hybridized carbons (Fsp3) is 0.864. The lowest BCUT2D eigenvalue weighted by Crippen LogP contribution is -2.60. The molecule has 0 aromatic carbocycles. The summed E-state index contributed by atoms with van der Waals surface area (Å²) < 4.78 is 26.5. The molecule has 2 saturated heterocycles. The van der Waals surface area contributed by atoms with E-state index < -0.39 is 44.8 Å². The first-order chi connectivity index (χ1) is 15.4. The lowest BCUT2D eigenvalue weighted by atomic mass is 9.86. The molecular formula is C22H39N5O5S2. The molecule has 3 aliphatic rings. The van der Waals surface area contributed by atoms with Gasteiger partial charge in [0.2, 0.25) is 27.7 Å². The largest absolute Gasteiger partial charge is 0.356 e. The van der Waals surface area contributed by atoms with Crippen molar-refractivity contribution in [3.8, 4) is 0 Å². The number of hydrogen-bond donors (Lipinski definition) is 5. The van der Waals surface area contributed by atoms with Crippen LogP contribution < -0.4 is 21.1 Å². The molecule has 5 N–H and O–H groups in total. The van der Waals surface area contributed by atoms with Crippen LogP contribution in [0.1, 0.15) is 47.5 Å². The highest BCUT2D eigenvalue weighted by Gasteiger charge is 2.69. The van der Waals surface area contributed by atoms with Crippen LogP contribution in [-0.4, -0.2) is 73.9 Å². The normalized spacial score (nSPS) is 30.8. The molecule has 1 aliphatic carbocycles. The quantitative estimate of drug-likeness (QED) is 0.220. The second-order valence-electron chi connectivity index (χ2n) is 11.7. The predicted octanol–water partition coefficient (Wildman–Crippen LogP) is -0.341. The number of sulfonamides is 1. The highest BCUT2D eigenvalue weighted by molar-refractivity contribution is 7.88. The van der Waals surface area contributed by atoms with Gasteiger partial charge < -0.3 is 21.3 Å². The van der Waals surface area contributed by atoms with Crippen molar-refractivity contribution in [3.05, 3.63) is 0 Å². The number of piperidine rings is 1. The molecule has 2 heterocycles. The molecule has 7 atom stereocenters. The lowest BCUT2D eigenvalue weighted by Gasteiger charge is -2.38. The van der Waals surface area contributed by atoms with Crippen LogP contribution in [0, 0.1) is 28.6 Å². The van der Waals surface area contributed by atoms with E-state index >= 15 is 0 Å². The molecule has 0 aromatic heterocycles. The minimum atomic E-state index is -3.66. The number of nitrogens with one attached hydrogen (secondary N) is 3. The van der Waals surface area contributed by atoms with Gasteiger partial charge in [-0.2, -0.15) is 12.6 Å². The number of carbonyl (C=O) groups is 3. The number of likely N-dealkylation sites (tertiary alicyclic amines) is 1. The molecule has 3 rings (SSSR count). The van der Waals surface area contributed by atoms with E-state index in [9.17, 15) is 22.8 Å². The van der Waals surface area contributed by atoms with E-state index in [0.29, 0.717) is 25.9 Å². The molecule has 0 unspecified atom stereocenters. The highest BCUT2D eigenvalue weighted by Crippen LogP contribution is 2.65. The summed E-state index contributed by atoms with van der Waals surface area (Å²) in [5.74, 6) is -0.959. The number of nitrogens with zero attached hydrogens (tertiary/aromatic N) is 1. The Labute approximate surface area is 208 Å². The molecule has 194 valence electrons. The molecule has 0 bridgehead atoms. The average Bonchev–Trinajstić information content (AvgIpc) is 3.05. The maximum Gasteiger partial charge on any atom is 0.243 e. The summed E-state index contributed by atoms with van der Waals surface area (Å²) in [5, 5.41) is 5.07. The Morgan fingerprint density at radius 1 is 1.32 bits per heavy atom. The number of amides is 3. The van der Waals surface area contributed by atoms with Crippen LogP contribution in [0.15, 0.2) is 0 Å². The molecular weight excluding hydrogens is 478 g/mol. The van der Waals surface area contributed by atoms with E-state index in [1.807, 2.05) is 0 Å². The van der Waals surface area contributed by atoms with Crippen molar-refractivity contribution >= 4 is 40.4 Å². The molecule has 34 heavy (non-hydrogen) atoms.